The van der Waals surface area contributed by atoms with Gasteiger partial charge in [-0.2, -0.15) is 0 Å². The highest BCUT2D eigenvalue weighted by atomic mass is 19.1. The van der Waals surface area contributed by atoms with E-state index in [2.05, 4.69) is 0 Å². The molecule has 1 aromatic heterocycles. The molecule has 1 aliphatic heterocycles. The lowest BCUT2D eigenvalue weighted by Gasteiger charge is -2.25. The first-order chi connectivity index (χ1) is 18.9. The summed E-state index contributed by atoms with van der Waals surface area (Å²) in [5.74, 6) is -1.40. The zero-order chi connectivity index (χ0) is 27.5. The number of hydrogen-bond donors (Lipinski definition) is 1. The molecule has 4 aromatic rings. The molecular formula is C31H26FNO6. The molecule has 39 heavy (non-hydrogen) atoms. The van der Waals surface area contributed by atoms with E-state index in [1.54, 1.807) is 37.3 Å². The predicted molar refractivity (Wildman–Crippen MR) is 141 cm³/mol. The Labute approximate surface area is 224 Å². The molecule has 0 bridgehead atoms. The largest absolute Gasteiger partial charge is 0.507 e. The Balaban J connectivity index is 1.58. The fourth-order valence-corrected chi connectivity index (χ4v) is 4.56. The van der Waals surface area contributed by atoms with Gasteiger partial charge in [0.25, 0.3) is 11.7 Å². The molecule has 0 aliphatic carbocycles. The fraction of sp³-hybridized carbons (Fsp3) is 0.161. The molecular weight excluding hydrogens is 501 g/mol. The van der Waals surface area contributed by atoms with Gasteiger partial charge in [0.2, 0.25) is 0 Å². The second-order valence-electron chi connectivity index (χ2n) is 9.15. The van der Waals surface area contributed by atoms with E-state index >= 15 is 0 Å². The molecule has 0 unspecified atom stereocenters. The Kier molecular flexibility index (Phi) is 7.19. The minimum Gasteiger partial charge on any atom is -0.507 e. The number of halogens is 1. The Morgan fingerprint density at radius 3 is 2.49 bits per heavy atom. The highest BCUT2D eigenvalue weighted by Gasteiger charge is 2.46. The van der Waals surface area contributed by atoms with E-state index in [9.17, 15) is 19.1 Å². The summed E-state index contributed by atoms with van der Waals surface area (Å²) < 4.78 is 31.3. The second kappa shape index (κ2) is 10.9. The molecule has 0 saturated carbocycles. The van der Waals surface area contributed by atoms with Gasteiger partial charge < -0.3 is 23.9 Å². The summed E-state index contributed by atoms with van der Waals surface area (Å²) in [6, 6.07) is 21.2. The Morgan fingerprint density at radius 1 is 1.00 bits per heavy atom. The summed E-state index contributed by atoms with van der Waals surface area (Å²) in [7, 11) is 1.49. The van der Waals surface area contributed by atoms with Gasteiger partial charge in [-0.25, -0.2) is 4.39 Å². The van der Waals surface area contributed by atoms with Crippen molar-refractivity contribution in [1.82, 2.24) is 4.90 Å². The molecule has 0 radical (unpaired) electrons. The van der Waals surface area contributed by atoms with Crippen LogP contribution in [-0.2, 0) is 22.7 Å². The zero-order valence-electron chi connectivity index (χ0n) is 21.4. The number of aliphatic hydroxyl groups is 1. The Morgan fingerprint density at radius 2 is 1.79 bits per heavy atom. The van der Waals surface area contributed by atoms with E-state index in [0.717, 1.165) is 11.6 Å². The van der Waals surface area contributed by atoms with Crippen LogP contribution in [0.3, 0.4) is 0 Å². The van der Waals surface area contributed by atoms with Gasteiger partial charge in [-0.15, -0.1) is 0 Å². The molecule has 1 fully saturated rings. The average molecular weight is 528 g/mol. The van der Waals surface area contributed by atoms with Crippen molar-refractivity contribution in [3.8, 4) is 11.5 Å². The minimum atomic E-state index is -0.989. The lowest BCUT2D eigenvalue weighted by molar-refractivity contribution is -0.140. The molecule has 1 aliphatic rings. The van der Waals surface area contributed by atoms with Crippen molar-refractivity contribution in [3.05, 3.63) is 125 Å². The van der Waals surface area contributed by atoms with Crippen LogP contribution in [-0.4, -0.2) is 28.8 Å². The number of furan rings is 1. The average Bonchev–Trinajstić information content (AvgIpc) is 3.56. The number of hydrogen-bond acceptors (Lipinski definition) is 6. The molecule has 0 spiro atoms. The highest BCUT2D eigenvalue weighted by Crippen LogP contribution is 2.43. The number of carbonyl (C=O) groups is 2. The van der Waals surface area contributed by atoms with E-state index < -0.39 is 29.3 Å². The van der Waals surface area contributed by atoms with E-state index in [1.165, 1.54) is 30.4 Å². The molecule has 8 heteroatoms. The molecule has 198 valence electrons. The summed E-state index contributed by atoms with van der Waals surface area (Å²) in [5, 5.41) is 11.2. The van der Waals surface area contributed by atoms with Crippen molar-refractivity contribution in [2.75, 3.05) is 7.11 Å². The normalized spacial score (nSPS) is 16.5. The van der Waals surface area contributed by atoms with Crippen LogP contribution in [0.1, 0.15) is 34.1 Å². The maximum Gasteiger partial charge on any atom is 0.296 e. The van der Waals surface area contributed by atoms with Crippen LogP contribution < -0.4 is 9.47 Å². The summed E-state index contributed by atoms with van der Waals surface area (Å²) in [6.45, 7) is 1.89. The van der Waals surface area contributed by atoms with Crippen LogP contribution in [0.25, 0.3) is 5.76 Å². The summed E-state index contributed by atoms with van der Waals surface area (Å²) in [6.07, 6.45) is 1.47. The van der Waals surface area contributed by atoms with Gasteiger partial charge in [-0.3, -0.25) is 9.59 Å². The number of methoxy groups -OCH3 is 1. The first-order valence-corrected chi connectivity index (χ1v) is 12.3. The van der Waals surface area contributed by atoms with Gasteiger partial charge in [0.05, 0.1) is 31.5 Å². The van der Waals surface area contributed by atoms with E-state index in [0.29, 0.717) is 35.0 Å². The monoisotopic (exact) mass is 527 g/mol. The number of Topliss-reactive ketones (excluding diaryl/α,β-unsaturated/α-hetero) is 1. The van der Waals surface area contributed by atoms with E-state index in [-0.39, 0.29) is 17.7 Å². The third-order valence-corrected chi connectivity index (χ3v) is 6.63. The van der Waals surface area contributed by atoms with Crippen molar-refractivity contribution >= 4 is 17.4 Å². The number of benzene rings is 3. The van der Waals surface area contributed by atoms with E-state index in [1.807, 2.05) is 30.3 Å². The summed E-state index contributed by atoms with van der Waals surface area (Å²) in [5.41, 5.74) is 1.79. The van der Waals surface area contributed by atoms with Gasteiger partial charge in [-0.1, -0.05) is 48.5 Å². The third-order valence-electron chi connectivity index (χ3n) is 6.63. The number of aryl methyl sites for hydroxylation is 1. The van der Waals surface area contributed by atoms with Crippen molar-refractivity contribution in [2.24, 2.45) is 0 Å². The molecule has 3 aromatic carbocycles. The summed E-state index contributed by atoms with van der Waals surface area (Å²) in [4.78, 5) is 27.8. The first kappa shape index (κ1) is 25.8. The highest BCUT2D eigenvalue weighted by molar-refractivity contribution is 6.46. The zero-order valence-corrected chi connectivity index (χ0v) is 21.4. The van der Waals surface area contributed by atoms with Crippen LogP contribution in [0.5, 0.6) is 11.5 Å². The van der Waals surface area contributed by atoms with Crippen LogP contribution in [0, 0.1) is 12.7 Å². The molecule has 1 saturated heterocycles. The first-order valence-electron chi connectivity index (χ1n) is 12.3. The molecule has 1 N–H and O–H groups in total. The number of ketones is 1. The van der Waals surface area contributed by atoms with Gasteiger partial charge in [0.1, 0.15) is 23.9 Å². The number of nitrogens with zero attached hydrogens (tertiary/aromatic N) is 1. The van der Waals surface area contributed by atoms with Crippen molar-refractivity contribution in [3.63, 3.8) is 0 Å². The number of amides is 1. The van der Waals surface area contributed by atoms with Crippen molar-refractivity contribution < 1.29 is 33.0 Å². The molecule has 5 rings (SSSR count). The number of likely N-dealkylation sites (tertiary alicyclic amines) is 1. The number of ether oxygens (including phenoxy) is 2. The smallest absolute Gasteiger partial charge is 0.296 e. The SMILES string of the molecule is COc1cc([C@@H]2C(=C(O)c3ccc(C)c(F)c3)C(=O)C(=O)N2Cc2ccco2)ccc1OCc1ccccc1. The van der Waals surface area contributed by atoms with Crippen LogP contribution in [0.4, 0.5) is 4.39 Å². The van der Waals surface area contributed by atoms with Gasteiger partial charge in [0.15, 0.2) is 11.5 Å². The summed E-state index contributed by atoms with van der Waals surface area (Å²) >= 11 is 0. The number of carbonyl (C=O) groups excluding carboxylic acids is 2. The van der Waals surface area contributed by atoms with Crippen molar-refractivity contribution in [1.29, 1.82) is 0 Å². The minimum absolute atomic E-state index is 0.0180. The number of aliphatic hydroxyl groups excluding tert-OH is 1. The standard InChI is InChI=1S/C31H26FNO6/c1-19-10-11-22(15-24(19)32)29(34)27-28(33(31(36)30(27)35)17-23-9-6-14-38-23)21-12-13-25(26(16-21)37-2)39-18-20-7-4-3-5-8-20/h3-16,28,34H,17-18H2,1-2H3/t28-/m1/s1. The van der Waals surface area contributed by atoms with Gasteiger partial charge >= 0.3 is 0 Å². The predicted octanol–water partition coefficient (Wildman–Crippen LogP) is 5.94. The molecule has 2 heterocycles. The second-order valence-corrected chi connectivity index (χ2v) is 9.15. The van der Waals surface area contributed by atoms with Crippen molar-refractivity contribution in [2.45, 2.75) is 26.1 Å². The lowest BCUT2D eigenvalue weighted by atomic mass is 9.94. The van der Waals surface area contributed by atoms with Gasteiger partial charge in [0, 0.05) is 5.56 Å². The Hall–Kier alpha value is -4.85. The third kappa shape index (κ3) is 5.13. The van der Waals surface area contributed by atoms with Crippen LogP contribution in [0.2, 0.25) is 0 Å². The molecule has 1 atom stereocenters. The van der Waals surface area contributed by atoms with Gasteiger partial charge in [-0.05, 0) is 53.9 Å². The maximum atomic E-state index is 14.3. The number of rotatable bonds is 8. The van der Waals surface area contributed by atoms with Crippen LogP contribution in [0.15, 0.2) is 95.1 Å². The quantitative estimate of drug-likeness (QED) is 0.173. The fourth-order valence-electron chi connectivity index (χ4n) is 4.56. The maximum absolute atomic E-state index is 14.3. The molecule has 7 nitrogen and oxygen atoms in total. The van der Waals surface area contributed by atoms with Crippen LogP contribution >= 0.6 is 0 Å². The lowest BCUT2D eigenvalue weighted by Crippen LogP contribution is -2.29. The molecule has 1 amide bonds. The Bertz CT molecular complexity index is 1540. The topological polar surface area (TPSA) is 89.2 Å². The van der Waals surface area contributed by atoms with E-state index in [4.69, 9.17) is 13.9 Å².